The lowest BCUT2D eigenvalue weighted by Gasteiger charge is -2.24. The van der Waals surface area contributed by atoms with Gasteiger partial charge in [-0.1, -0.05) is 24.3 Å². The van der Waals surface area contributed by atoms with Crippen molar-refractivity contribution in [3.8, 4) is 0 Å². The Morgan fingerprint density at radius 3 is 2.81 bits per heavy atom. The lowest BCUT2D eigenvalue weighted by molar-refractivity contribution is 0.221. The van der Waals surface area contributed by atoms with Crippen LogP contribution in [0.3, 0.4) is 0 Å². The van der Waals surface area contributed by atoms with Crippen LogP contribution in [-0.4, -0.2) is 13.1 Å². The lowest BCUT2D eigenvalue weighted by Crippen LogP contribution is -2.28. The third-order valence-corrected chi connectivity index (χ3v) is 3.34. The van der Waals surface area contributed by atoms with Gasteiger partial charge in [0.15, 0.2) is 0 Å². The number of hydrogen-bond donors (Lipinski definition) is 1. The second-order valence-corrected chi connectivity index (χ2v) is 5.14. The van der Waals surface area contributed by atoms with Crippen LogP contribution in [0.4, 0.5) is 4.39 Å². The molecular weight excluding hydrogens is 201 g/mol. The minimum Gasteiger partial charge on any atom is -0.316 e. The Kier molecular flexibility index (Phi) is 3.29. The van der Waals surface area contributed by atoms with E-state index >= 15 is 0 Å². The SMILES string of the molecule is CC(C)(F)c1cccc(C2CCCNC2)c1. The largest absolute Gasteiger partial charge is 0.316 e. The van der Waals surface area contributed by atoms with Crippen LogP contribution in [0, 0.1) is 0 Å². The van der Waals surface area contributed by atoms with E-state index in [4.69, 9.17) is 0 Å². The second-order valence-electron chi connectivity index (χ2n) is 5.14. The Bertz CT molecular complexity index is 348. The summed E-state index contributed by atoms with van der Waals surface area (Å²) in [5.41, 5.74) is 0.823. The third kappa shape index (κ3) is 2.62. The molecule has 0 bridgehead atoms. The zero-order valence-corrected chi connectivity index (χ0v) is 10.1. The molecular formula is C14H20FN. The summed E-state index contributed by atoms with van der Waals surface area (Å²) in [6.45, 7) is 5.37. The normalized spacial score (nSPS) is 22.1. The van der Waals surface area contributed by atoms with Crippen LogP contribution in [0.5, 0.6) is 0 Å². The topological polar surface area (TPSA) is 12.0 Å². The van der Waals surface area contributed by atoms with E-state index in [0.29, 0.717) is 5.92 Å². The molecule has 1 saturated heterocycles. The van der Waals surface area contributed by atoms with Gasteiger partial charge in [0.2, 0.25) is 0 Å². The van der Waals surface area contributed by atoms with E-state index in [2.05, 4.69) is 11.4 Å². The number of halogens is 1. The number of benzene rings is 1. The smallest absolute Gasteiger partial charge is 0.130 e. The summed E-state index contributed by atoms with van der Waals surface area (Å²) in [5.74, 6) is 0.552. The first-order valence-corrected chi connectivity index (χ1v) is 6.07. The fourth-order valence-corrected chi connectivity index (χ4v) is 2.30. The zero-order valence-electron chi connectivity index (χ0n) is 10.1. The molecule has 1 nitrogen and oxygen atoms in total. The minimum atomic E-state index is -1.24. The highest BCUT2D eigenvalue weighted by Gasteiger charge is 2.21. The predicted octanol–water partition coefficient (Wildman–Crippen LogP) is 3.36. The van der Waals surface area contributed by atoms with Gasteiger partial charge in [-0.3, -0.25) is 0 Å². The standard InChI is InChI=1S/C14H20FN/c1-14(2,15)13-7-3-5-11(9-13)12-6-4-8-16-10-12/h3,5,7,9,12,16H,4,6,8,10H2,1-2H3. The van der Waals surface area contributed by atoms with Gasteiger partial charge in [0, 0.05) is 6.54 Å². The molecule has 0 aliphatic carbocycles. The third-order valence-electron chi connectivity index (χ3n) is 3.34. The van der Waals surface area contributed by atoms with Gasteiger partial charge in [0.1, 0.15) is 5.67 Å². The van der Waals surface area contributed by atoms with Gasteiger partial charge in [0.25, 0.3) is 0 Å². The van der Waals surface area contributed by atoms with Crippen LogP contribution in [0.25, 0.3) is 0 Å². The maximum atomic E-state index is 13.9. The van der Waals surface area contributed by atoms with Gasteiger partial charge in [-0.15, -0.1) is 0 Å². The first kappa shape index (κ1) is 11.6. The van der Waals surface area contributed by atoms with E-state index in [0.717, 1.165) is 18.7 Å². The summed E-state index contributed by atoms with van der Waals surface area (Å²) in [4.78, 5) is 0. The number of alkyl halides is 1. The molecule has 2 heteroatoms. The van der Waals surface area contributed by atoms with Crippen LogP contribution in [0.1, 0.15) is 43.7 Å². The molecule has 1 aliphatic heterocycles. The van der Waals surface area contributed by atoms with E-state index in [-0.39, 0.29) is 0 Å². The summed E-state index contributed by atoms with van der Waals surface area (Å²) < 4.78 is 13.9. The van der Waals surface area contributed by atoms with Gasteiger partial charge in [-0.05, 0) is 50.3 Å². The molecule has 0 amide bonds. The first-order chi connectivity index (χ1) is 7.57. The van der Waals surface area contributed by atoms with Gasteiger partial charge < -0.3 is 5.32 Å². The molecule has 88 valence electrons. The first-order valence-electron chi connectivity index (χ1n) is 6.07. The average Bonchev–Trinajstić information content (AvgIpc) is 2.29. The van der Waals surface area contributed by atoms with Crippen molar-refractivity contribution in [2.45, 2.75) is 38.3 Å². The Balaban J connectivity index is 2.21. The van der Waals surface area contributed by atoms with Crippen molar-refractivity contribution in [1.29, 1.82) is 0 Å². The summed E-state index contributed by atoms with van der Waals surface area (Å²) in [6.07, 6.45) is 2.43. The average molecular weight is 221 g/mol. The summed E-state index contributed by atoms with van der Waals surface area (Å²) in [7, 11) is 0. The highest BCUT2D eigenvalue weighted by molar-refractivity contribution is 5.30. The number of nitrogens with one attached hydrogen (secondary N) is 1. The molecule has 1 aromatic rings. The predicted molar refractivity (Wildman–Crippen MR) is 65.4 cm³/mol. The number of rotatable bonds is 2. The van der Waals surface area contributed by atoms with Gasteiger partial charge in [-0.2, -0.15) is 0 Å². The van der Waals surface area contributed by atoms with E-state index in [1.54, 1.807) is 13.8 Å². The minimum absolute atomic E-state index is 0.552. The van der Waals surface area contributed by atoms with E-state index in [1.807, 2.05) is 18.2 Å². The van der Waals surface area contributed by atoms with Crippen molar-refractivity contribution in [3.63, 3.8) is 0 Å². The molecule has 1 unspecified atom stereocenters. The molecule has 16 heavy (non-hydrogen) atoms. The Labute approximate surface area is 97.1 Å². The second kappa shape index (κ2) is 4.54. The molecule has 1 N–H and O–H groups in total. The molecule has 0 spiro atoms. The quantitative estimate of drug-likeness (QED) is 0.807. The fourth-order valence-electron chi connectivity index (χ4n) is 2.30. The van der Waals surface area contributed by atoms with Crippen LogP contribution in [0.2, 0.25) is 0 Å². The Hall–Kier alpha value is -0.890. The Morgan fingerprint density at radius 1 is 1.38 bits per heavy atom. The highest BCUT2D eigenvalue weighted by Crippen LogP contribution is 2.29. The number of piperidine rings is 1. The highest BCUT2D eigenvalue weighted by atomic mass is 19.1. The zero-order chi connectivity index (χ0) is 11.6. The van der Waals surface area contributed by atoms with Crippen molar-refractivity contribution in [2.75, 3.05) is 13.1 Å². The fraction of sp³-hybridized carbons (Fsp3) is 0.571. The monoisotopic (exact) mass is 221 g/mol. The number of hydrogen-bond acceptors (Lipinski definition) is 1. The molecule has 0 radical (unpaired) electrons. The van der Waals surface area contributed by atoms with Crippen LogP contribution < -0.4 is 5.32 Å². The summed E-state index contributed by atoms with van der Waals surface area (Å²) >= 11 is 0. The maximum absolute atomic E-state index is 13.9. The molecule has 1 atom stereocenters. The molecule has 0 saturated carbocycles. The summed E-state index contributed by atoms with van der Waals surface area (Å²) in [5, 5.41) is 3.40. The van der Waals surface area contributed by atoms with E-state index < -0.39 is 5.67 Å². The van der Waals surface area contributed by atoms with Crippen molar-refractivity contribution < 1.29 is 4.39 Å². The van der Waals surface area contributed by atoms with Crippen LogP contribution >= 0.6 is 0 Å². The van der Waals surface area contributed by atoms with E-state index in [9.17, 15) is 4.39 Å². The Morgan fingerprint density at radius 2 is 2.19 bits per heavy atom. The van der Waals surface area contributed by atoms with Crippen molar-refractivity contribution in [3.05, 3.63) is 35.4 Å². The van der Waals surface area contributed by atoms with Gasteiger partial charge >= 0.3 is 0 Å². The lowest BCUT2D eigenvalue weighted by atomic mass is 9.88. The van der Waals surface area contributed by atoms with Crippen molar-refractivity contribution in [1.82, 2.24) is 5.32 Å². The molecule has 1 aromatic carbocycles. The van der Waals surface area contributed by atoms with Gasteiger partial charge in [-0.25, -0.2) is 4.39 Å². The van der Waals surface area contributed by atoms with Crippen LogP contribution in [-0.2, 0) is 5.67 Å². The van der Waals surface area contributed by atoms with Crippen LogP contribution in [0.15, 0.2) is 24.3 Å². The van der Waals surface area contributed by atoms with Gasteiger partial charge in [0.05, 0.1) is 0 Å². The molecule has 1 heterocycles. The molecule has 2 rings (SSSR count). The van der Waals surface area contributed by atoms with Crippen molar-refractivity contribution in [2.24, 2.45) is 0 Å². The maximum Gasteiger partial charge on any atom is 0.130 e. The molecule has 1 aliphatic rings. The molecule has 1 fully saturated rings. The van der Waals surface area contributed by atoms with Crippen molar-refractivity contribution >= 4 is 0 Å². The van der Waals surface area contributed by atoms with E-state index in [1.165, 1.54) is 18.4 Å². The summed E-state index contributed by atoms with van der Waals surface area (Å²) in [6, 6.07) is 7.99. The molecule has 0 aromatic heterocycles.